The number of unbranched alkanes of at least 4 members (excludes halogenated alkanes) is 61. The minimum absolute atomic E-state index is 0.0531. The van der Waals surface area contributed by atoms with Crippen LogP contribution in [0.3, 0.4) is 0 Å². The molecule has 0 heterocycles. The van der Waals surface area contributed by atoms with Gasteiger partial charge in [-0.1, -0.05) is 411 Å². The van der Waals surface area contributed by atoms with Crippen molar-refractivity contribution in [2.75, 3.05) is 6.61 Å². The molecule has 1 amide bonds. The number of rotatable bonds is 68. The quantitative estimate of drug-likeness (QED) is 0.0420. The van der Waals surface area contributed by atoms with Crippen molar-refractivity contribution < 1.29 is 15.0 Å². The van der Waals surface area contributed by atoms with Crippen LogP contribution >= 0.6 is 0 Å². The summed E-state index contributed by atoms with van der Waals surface area (Å²) in [5, 5.41) is 23.3. The molecule has 0 aliphatic carbocycles. The van der Waals surface area contributed by atoms with Crippen molar-refractivity contribution in [3.05, 3.63) is 12.2 Å². The van der Waals surface area contributed by atoms with Gasteiger partial charge in [-0.3, -0.25) is 4.79 Å². The molecule has 4 nitrogen and oxygen atoms in total. The highest BCUT2D eigenvalue weighted by Crippen LogP contribution is 2.20. The van der Waals surface area contributed by atoms with Crippen LogP contribution in [0.4, 0.5) is 0 Å². The van der Waals surface area contributed by atoms with Gasteiger partial charge in [0, 0.05) is 6.42 Å². The normalized spacial score (nSPS) is 12.6. The lowest BCUT2D eigenvalue weighted by Gasteiger charge is -2.20. The first kappa shape index (κ1) is 75.1. The number of hydrogen-bond acceptors (Lipinski definition) is 3. The van der Waals surface area contributed by atoms with Crippen molar-refractivity contribution >= 4 is 5.91 Å². The fraction of sp³-hybridized carbons (Fsp3) is 0.958. The minimum Gasteiger partial charge on any atom is -0.394 e. The van der Waals surface area contributed by atoms with E-state index in [2.05, 4.69) is 19.2 Å². The number of amides is 1. The Hall–Kier alpha value is -0.870. The Morgan fingerprint density at radius 3 is 0.684 bits per heavy atom. The molecule has 0 fully saturated rings. The maximum Gasteiger partial charge on any atom is 0.220 e. The summed E-state index contributed by atoms with van der Waals surface area (Å²) < 4.78 is 0. The zero-order chi connectivity index (χ0) is 54.8. The molecule has 0 aliphatic heterocycles. The summed E-state index contributed by atoms with van der Waals surface area (Å²) in [5.74, 6) is -0.0531. The lowest BCUT2D eigenvalue weighted by Crippen LogP contribution is -2.45. The molecule has 0 saturated carbocycles. The molecule has 0 aromatic heterocycles. The summed E-state index contributed by atoms with van der Waals surface area (Å²) >= 11 is 0. The van der Waals surface area contributed by atoms with Crippen LogP contribution in [0.15, 0.2) is 12.2 Å². The fourth-order valence-electron chi connectivity index (χ4n) is 11.8. The molecule has 0 bridgehead atoms. The van der Waals surface area contributed by atoms with Crippen LogP contribution in [0.25, 0.3) is 0 Å². The maximum absolute atomic E-state index is 12.5. The second-order valence-electron chi connectivity index (χ2n) is 25.0. The Morgan fingerprint density at radius 2 is 0.487 bits per heavy atom. The zero-order valence-electron chi connectivity index (χ0n) is 52.6. The van der Waals surface area contributed by atoms with Gasteiger partial charge in [0.25, 0.3) is 0 Å². The highest BCUT2D eigenvalue weighted by molar-refractivity contribution is 5.76. The standard InChI is InChI=1S/C72H143NO3/c1-3-5-7-9-11-13-15-17-19-21-23-25-27-28-29-30-31-32-33-34-35-36-37-38-39-40-41-42-43-44-46-48-50-52-54-56-58-60-62-64-66-68-72(76)73-70(69-74)71(75)67-65-63-61-59-57-55-53-51-49-47-45-26-24-22-20-18-16-14-12-10-8-6-4-2/h65,67,70-71,74-75H,3-64,66,68-69H2,1-2H3,(H,73,76)/b67-65+. The van der Waals surface area contributed by atoms with E-state index < -0.39 is 12.1 Å². The van der Waals surface area contributed by atoms with Gasteiger partial charge in [-0.2, -0.15) is 0 Å². The van der Waals surface area contributed by atoms with E-state index in [1.165, 1.54) is 379 Å². The van der Waals surface area contributed by atoms with Crippen molar-refractivity contribution in [2.24, 2.45) is 0 Å². The molecule has 454 valence electrons. The number of nitrogens with one attached hydrogen (secondary N) is 1. The summed E-state index contributed by atoms with van der Waals surface area (Å²) in [7, 11) is 0. The van der Waals surface area contributed by atoms with E-state index >= 15 is 0 Å². The molecule has 76 heavy (non-hydrogen) atoms. The molecule has 4 heteroatoms. The third-order valence-electron chi connectivity index (χ3n) is 17.3. The van der Waals surface area contributed by atoms with Gasteiger partial charge in [0.2, 0.25) is 5.91 Å². The lowest BCUT2D eigenvalue weighted by molar-refractivity contribution is -0.123. The smallest absolute Gasteiger partial charge is 0.220 e. The van der Waals surface area contributed by atoms with Gasteiger partial charge in [-0.05, 0) is 19.3 Å². The van der Waals surface area contributed by atoms with Gasteiger partial charge in [-0.15, -0.1) is 0 Å². The molecule has 0 saturated heterocycles. The number of carbonyl (C=O) groups excluding carboxylic acids is 1. The van der Waals surface area contributed by atoms with Crippen molar-refractivity contribution in [3.63, 3.8) is 0 Å². The molecule has 0 spiro atoms. The van der Waals surface area contributed by atoms with Crippen LogP contribution in [0.2, 0.25) is 0 Å². The van der Waals surface area contributed by atoms with Gasteiger partial charge in [-0.25, -0.2) is 0 Å². The molecule has 0 rings (SSSR count). The monoisotopic (exact) mass is 1070 g/mol. The highest BCUT2D eigenvalue weighted by Gasteiger charge is 2.18. The molecular formula is C72H143NO3. The first-order chi connectivity index (χ1) is 37.7. The second-order valence-corrected chi connectivity index (χ2v) is 25.0. The summed E-state index contributed by atoms with van der Waals surface area (Å²) in [6, 6.07) is -0.619. The summed E-state index contributed by atoms with van der Waals surface area (Å²) in [6.45, 7) is 4.37. The Kier molecular flexibility index (Phi) is 67.6. The Bertz CT molecular complexity index is 1080. The number of aliphatic hydroxyl groups is 2. The number of hydrogen-bond donors (Lipinski definition) is 3. The number of carbonyl (C=O) groups is 1. The lowest BCUT2D eigenvalue weighted by atomic mass is 10.0. The average molecular weight is 1070 g/mol. The van der Waals surface area contributed by atoms with Crippen LogP contribution < -0.4 is 5.32 Å². The van der Waals surface area contributed by atoms with Crippen molar-refractivity contribution in [1.29, 1.82) is 0 Å². The number of aliphatic hydroxyl groups excluding tert-OH is 2. The summed E-state index contributed by atoms with van der Waals surface area (Å²) in [4.78, 5) is 12.5. The Morgan fingerprint density at radius 1 is 0.303 bits per heavy atom. The van der Waals surface area contributed by atoms with E-state index in [-0.39, 0.29) is 12.5 Å². The topological polar surface area (TPSA) is 69.6 Å². The molecule has 0 aromatic rings. The van der Waals surface area contributed by atoms with Gasteiger partial charge in [0.1, 0.15) is 0 Å². The summed E-state index contributed by atoms with van der Waals surface area (Å²) in [6.07, 6.45) is 91.8. The molecule has 0 aliphatic rings. The number of allylic oxidation sites excluding steroid dienone is 1. The maximum atomic E-state index is 12.5. The minimum atomic E-state index is -0.837. The predicted molar refractivity (Wildman–Crippen MR) is 341 cm³/mol. The van der Waals surface area contributed by atoms with Crippen LogP contribution in [0, 0.1) is 0 Å². The van der Waals surface area contributed by atoms with E-state index in [0.717, 1.165) is 25.7 Å². The third-order valence-corrected chi connectivity index (χ3v) is 17.3. The summed E-state index contributed by atoms with van der Waals surface area (Å²) in [5.41, 5.74) is 0. The molecule has 2 unspecified atom stereocenters. The Labute approximate surface area is 479 Å². The van der Waals surface area contributed by atoms with E-state index in [4.69, 9.17) is 0 Å². The molecule has 0 aromatic carbocycles. The van der Waals surface area contributed by atoms with Crippen LogP contribution in [0.1, 0.15) is 425 Å². The van der Waals surface area contributed by atoms with Gasteiger partial charge in [0.05, 0.1) is 18.8 Å². The van der Waals surface area contributed by atoms with Crippen LogP contribution in [-0.2, 0) is 4.79 Å². The van der Waals surface area contributed by atoms with Crippen molar-refractivity contribution in [2.45, 2.75) is 437 Å². The van der Waals surface area contributed by atoms with Crippen molar-refractivity contribution in [3.8, 4) is 0 Å². The average Bonchev–Trinajstić information content (AvgIpc) is 3.42. The predicted octanol–water partition coefficient (Wildman–Crippen LogP) is 24.4. The molecule has 2 atom stereocenters. The van der Waals surface area contributed by atoms with Gasteiger partial charge >= 0.3 is 0 Å². The highest BCUT2D eigenvalue weighted by atomic mass is 16.3. The molecule has 3 N–H and O–H groups in total. The van der Waals surface area contributed by atoms with E-state index in [9.17, 15) is 15.0 Å². The first-order valence-electron chi connectivity index (χ1n) is 35.9. The SMILES string of the molecule is CCCCCCCCCCCCCCCCCCCCCCC/C=C/C(O)C(CO)NC(=O)CCCCCCCCCCCCCCCCCCCCCCCCCCCCCCCCCCCCCCCCCCC. The second kappa shape index (κ2) is 68.4. The van der Waals surface area contributed by atoms with Gasteiger partial charge < -0.3 is 15.5 Å². The molecular weight excluding hydrogens is 927 g/mol. The fourth-order valence-corrected chi connectivity index (χ4v) is 11.8. The van der Waals surface area contributed by atoms with Crippen molar-refractivity contribution in [1.82, 2.24) is 5.32 Å². The van der Waals surface area contributed by atoms with Crippen LogP contribution in [0.5, 0.6) is 0 Å². The Balaban J connectivity index is 3.35. The van der Waals surface area contributed by atoms with Gasteiger partial charge in [0.15, 0.2) is 0 Å². The molecule has 0 radical (unpaired) electrons. The third kappa shape index (κ3) is 64.0. The van der Waals surface area contributed by atoms with Crippen LogP contribution in [-0.4, -0.2) is 34.9 Å². The van der Waals surface area contributed by atoms with E-state index in [1.807, 2.05) is 6.08 Å². The zero-order valence-corrected chi connectivity index (χ0v) is 52.6. The first-order valence-corrected chi connectivity index (χ1v) is 35.9. The largest absolute Gasteiger partial charge is 0.394 e. The van der Waals surface area contributed by atoms with E-state index in [0.29, 0.717) is 6.42 Å². The van der Waals surface area contributed by atoms with E-state index in [1.54, 1.807) is 6.08 Å².